The van der Waals surface area contributed by atoms with Gasteiger partial charge >= 0.3 is 5.97 Å². The van der Waals surface area contributed by atoms with Gasteiger partial charge in [-0.05, 0) is 37.5 Å². The summed E-state index contributed by atoms with van der Waals surface area (Å²) in [5, 5.41) is 13.9. The molecule has 0 amide bonds. The number of ether oxygens (including phenoxy) is 2. The molecule has 3 heterocycles. The molecule has 1 atom stereocenters. The maximum absolute atomic E-state index is 12.6. The minimum atomic E-state index is -0.608. The first-order chi connectivity index (χ1) is 15.0. The molecule has 31 heavy (non-hydrogen) atoms. The van der Waals surface area contributed by atoms with Crippen LogP contribution in [0.25, 0.3) is 11.3 Å². The van der Waals surface area contributed by atoms with E-state index < -0.39 is 5.97 Å². The lowest BCUT2D eigenvalue weighted by Crippen LogP contribution is -2.27. The molecule has 0 spiro atoms. The summed E-state index contributed by atoms with van der Waals surface area (Å²) in [6, 6.07) is 5.09. The number of carbonyl (C=O) groups is 1. The molecule has 2 aromatic rings. The molecule has 0 radical (unpaired) electrons. The molecule has 0 bridgehead atoms. The van der Waals surface area contributed by atoms with E-state index in [2.05, 4.69) is 17.1 Å². The zero-order valence-corrected chi connectivity index (χ0v) is 18.0. The lowest BCUT2D eigenvalue weighted by atomic mass is 9.90. The third-order valence-electron chi connectivity index (χ3n) is 5.96. The lowest BCUT2D eigenvalue weighted by Gasteiger charge is -2.30. The topological polar surface area (TPSA) is 93.0 Å². The highest BCUT2D eigenvalue weighted by atomic mass is 16.5. The van der Waals surface area contributed by atoms with Gasteiger partial charge in [0, 0.05) is 50.2 Å². The summed E-state index contributed by atoms with van der Waals surface area (Å²) in [6.07, 6.45) is 3.14. The van der Waals surface area contributed by atoms with E-state index in [4.69, 9.17) is 9.47 Å². The van der Waals surface area contributed by atoms with E-state index in [1.807, 2.05) is 10.6 Å². The molecule has 8 nitrogen and oxygen atoms in total. The van der Waals surface area contributed by atoms with E-state index in [1.54, 1.807) is 19.2 Å². The average molecular weight is 428 g/mol. The van der Waals surface area contributed by atoms with Crippen LogP contribution in [0.2, 0.25) is 0 Å². The minimum Gasteiger partial charge on any atom is -0.504 e. The maximum atomic E-state index is 12.6. The summed E-state index contributed by atoms with van der Waals surface area (Å²) in [5.41, 5.74) is 2.15. The van der Waals surface area contributed by atoms with Gasteiger partial charge in [-0.2, -0.15) is 0 Å². The molecule has 2 N–H and O–H groups in total. The van der Waals surface area contributed by atoms with Crippen LogP contribution in [0.1, 0.15) is 42.2 Å². The molecule has 166 valence electrons. The smallest absolute Gasteiger partial charge is 0.343 e. The van der Waals surface area contributed by atoms with Gasteiger partial charge in [0.2, 0.25) is 0 Å². The second-order valence-corrected chi connectivity index (χ2v) is 7.93. The first-order valence-corrected chi connectivity index (χ1v) is 10.9. The Hall–Kier alpha value is -2.84. The van der Waals surface area contributed by atoms with Gasteiger partial charge in [-0.1, -0.05) is 6.92 Å². The van der Waals surface area contributed by atoms with Gasteiger partial charge in [0.1, 0.15) is 12.2 Å². The van der Waals surface area contributed by atoms with Crippen LogP contribution in [-0.4, -0.2) is 60.1 Å². The summed E-state index contributed by atoms with van der Waals surface area (Å²) in [5.74, 6) is -0.107. The van der Waals surface area contributed by atoms with Crippen molar-refractivity contribution in [2.24, 2.45) is 0 Å². The van der Waals surface area contributed by atoms with Crippen LogP contribution in [0.15, 0.2) is 29.2 Å². The highest BCUT2D eigenvalue weighted by Crippen LogP contribution is 2.41. The predicted molar refractivity (Wildman–Crippen MR) is 117 cm³/mol. The van der Waals surface area contributed by atoms with Crippen molar-refractivity contribution in [2.45, 2.75) is 32.7 Å². The van der Waals surface area contributed by atoms with Gasteiger partial charge in [-0.25, -0.2) is 4.79 Å². The Morgan fingerprint density at radius 3 is 2.84 bits per heavy atom. The lowest BCUT2D eigenvalue weighted by molar-refractivity contribution is 0.0523. The van der Waals surface area contributed by atoms with Crippen LogP contribution >= 0.6 is 0 Å². The van der Waals surface area contributed by atoms with Crippen LogP contribution in [0.5, 0.6) is 11.5 Å². The van der Waals surface area contributed by atoms with E-state index in [0.29, 0.717) is 18.1 Å². The fourth-order valence-electron chi connectivity index (χ4n) is 4.29. The van der Waals surface area contributed by atoms with Crippen molar-refractivity contribution >= 4 is 5.97 Å². The number of phenolic OH excluding ortho intramolecular Hbond substituents is 1. The molecular weight excluding hydrogens is 398 g/mol. The molecule has 1 unspecified atom stereocenters. The van der Waals surface area contributed by atoms with Crippen molar-refractivity contribution in [3.05, 3.63) is 45.7 Å². The maximum Gasteiger partial charge on any atom is 0.343 e. The highest BCUT2D eigenvalue weighted by molar-refractivity contribution is 5.89. The van der Waals surface area contributed by atoms with E-state index >= 15 is 0 Å². The van der Waals surface area contributed by atoms with E-state index in [0.717, 1.165) is 50.3 Å². The molecule has 2 aliphatic heterocycles. The Morgan fingerprint density at radius 2 is 2.13 bits per heavy atom. The molecule has 0 aliphatic carbocycles. The highest BCUT2D eigenvalue weighted by Gasteiger charge is 2.27. The number of aromatic hydroxyl groups is 1. The number of pyridine rings is 1. The fourth-order valence-corrected chi connectivity index (χ4v) is 4.29. The second kappa shape index (κ2) is 9.11. The summed E-state index contributed by atoms with van der Waals surface area (Å²) in [4.78, 5) is 27.1. The van der Waals surface area contributed by atoms with Crippen LogP contribution in [0.4, 0.5) is 0 Å². The van der Waals surface area contributed by atoms with Gasteiger partial charge in [0.15, 0.2) is 16.9 Å². The van der Waals surface area contributed by atoms with Crippen molar-refractivity contribution in [3.63, 3.8) is 0 Å². The van der Waals surface area contributed by atoms with Gasteiger partial charge < -0.3 is 24.5 Å². The SMILES string of the molecule is CCOC(=O)c1cn2c(cc1=O)-c1cc(O)c(OCCN3CCNC3)cc1CC2CC. The van der Waals surface area contributed by atoms with Crippen molar-refractivity contribution in [3.8, 4) is 22.8 Å². The Kier molecular flexibility index (Phi) is 6.29. The van der Waals surface area contributed by atoms with Gasteiger partial charge in [-0.3, -0.25) is 9.69 Å². The number of hydrogen-bond acceptors (Lipinski definition) is 7. The number of fused-ring (bicyclic) bond motifs is 3. The average Bonchev–Trinajstić information content (AvgIpc) is 3.27. The normalized spacial score (nSPS) is 17.8. The number of rotatable bonds is 7. The zero-order valence-electron chi connectivity index (χ0n) is 18.0. The molecule has 1 aromatic carbocycles. The van der Waals surface area contributed by atoms with Crippen LogP contribution in [0, 0.1) is 0 Å². The quantitative estimate of drug-likeness (QED) is 0.654. The third kappa shape index (κ3) is 4.31. The van der Waals surface area contributed by atoms with Crippen LogP contribution in [-0.2, 0) is 11.2 Å². The minimum absolute atomic E-state index is 0.0353. The Morgan fingerprint density at radius 1 is 1.29 bits per heavy atom. The first-order valence-electron chi connectivity index (χ1n) is 10.9. The molecule has 4 rings (SSSR count). The van der Waals surface area contributed by atoms with Gasteiger partial charge in [0.05, 0.1) is 12.3 Å². The molecular formula is C23H29N3O5. The fraction of sp³-hybridized carbons (Fsp3) is 0.478. The van der Waals surface area contributed by atoms with E-state index in [1.165, 1.54) is 6.07 Å². The standard InChI is InChI=1S/C23H29N3O5/c1-3-16-9-15-10-22(31-8-7-25-6-5-24-14-25)21(28)11-17(15)19-12-20(27)18(13-26(16)19)23(29)30-4-2/h10-13,16,24,28H,3-9,14H2,1-2H3. The number of hydrogen-bond donors (Lipinski definition) is 2. The number of phenols is 1. The third-order valence-corrected chi connectivity index (χ3v) is 5.96. The zero-order chi connectivity index (χ0) is 22.0. The first kappa shape index (κ1) is 21.4. The van der Waals surface area contributed by atoms with Crippen LogP contribution in [0.3, 0.4) is 0 Å². The predicted octanol–water partition coefficient (Wildman–Crippen LogP) is 2.15. The van der Waals surface area contributed by atoms with Crippen molar-refractivity contribution in [1.29, 1.82) is 0 Å². The van der Waals surface area contributed by atoms with E-state index in [9.17, 15) is 14.7 Å². The molecule has 0 saturated carbocycles. The van der Waals surface area contributed by atoms with Crippen LogP contribution < -0.4 is 15.5 Å². The van der Waals surface area contributed by atoms with E-state index in [-0.39, 0.29) is 29.4 Å². The van der Waals surface area contributed by atoms with Gasteiger partial charge in [-0.15, -0.1) is 0 Å². The largest absolute Gasteiger partial charge is 0.504 e. The Bertz CT molecular complexity index is 1030. The Balaban J connectivity index is 1.64. The number of benzene rings is 1. The Labute approximate surface area is 181 Å². The molecule has 1 saturated heterocycles. The molecule has 8 heteroatoms. The number of esters is 1. The summed E-state index contributed by atoms with van der Waals surface area (Å²) in [7, 11) is 0. The number of carbonyl (C=O) groups excluding carboxylic acids is 1. The molecule has 1 aromatic heterocycles. The van der Waals surface area contributed by atoms with Crippen molar-refractivity contribution in [1.82, 2.24) is 14.8 Å². The second-order valence-electron chi connectivity index (χ2n) is 7.93. The monoisotopic (exact) mass is 427 g/mol. The molecule has 1 fully saturated rings. The summed E-state index contributed by atoms with van der Waals surface area (Å²) >= 11 is 0. The summed E-state index contributed by atoms with van der Waals surface area (Å²) < 4.78 is 12.9. The number of nitrogens with one attached hydrogen (secondary N) is 1. The number of nitrogens with zero attached hydrogens (tertiary/aromatic N) is 2. The van der Waals surface area contributed by atoms with Gasteiger partial charge in [0.25, 0.3) is 0 Å². The summed E-state index contributed by atoms with van der Waals surface area (Å²) in [6.45, 7) is 8.12. The van der Waals surface area contributed by atoms with Crippen molar-refractivity contribution in [2.75, 3.05) is 39.5 Å². The molecule has 2 aliphatic rings. The van der Waals surface area contributed by atoms with Crippen molar-refractivity contribution < 1.29 is 19.4 Å². The number of aromatic nitrogens is 1.